The molecule has 7 nitrogen and oxygen atoms in total. The summed E-state index contributed by atoms with van der Waals surface area (Å²) in [5.41, 5.74) is 3.12. The van der Waals surface area contributed by atoms with Gasteiger partial charge in [-0.1, -0.05) is 12.1 Å². The molecule has 1 amide bonds. The summed E-state index contributed by atoms with van der Waals surface area (Å²) in [7, 11) is -3.70. The monoisotopic (exact) mass is 493 g/mol. The van der Waals surface area contributed by atoms with Gasteiger partial charge in [0.15, 0.2) is 15.9 Å². The molecule has 3 aromatic rings. The number of nitrogens with zero attached hydrogens (tertiary/aromatic N) is 3. The van der Waals surface area contributed by atoms with Crippen molar-refractivity contribution in [1.82, 2.24) is 14.7 Å². The highest BCUT2D eigenvalue weighted by Crippen LogP contribution is 2.32. The molecule has 0 saturated carbocycles. The first kappa shape index (κ1) is 23.8. The summed E-state index contributed by atoms with van der Waals surface area (Å²) in [6.07, 6.45) is -4.09. The summed E-state index contributed by atoms with van der Waals surface area (Å²) in [6.45, 7) is 3.09. The van der Waals surface area contributed by atoms with Crippen LogP contribution in [0.1, 0.15) is 34.1 Å². The van der Waals surface area contributed by atoms with Crippen LogP contribution in [0.3, 0.4) is 0 Å². The predicted molar refractivity (Wildman–Crippen MR) is 118 cm³/mol. The molecule has 0 N–H and O–H groups in total. The molecular weight excluding hydrogens is 471 g/mol. The van der Waals surface area contributed by atoms with E-state index < -0.39 is 28.0 Å². The van der Waals surface area contributed by atoms with Crippen molar-refractivity contribution in [2.45, 2.75) is 44.1 Å². The van der Waals surface area contributed by atoms with E-state index in [1.165, 1.54) is 4.90 Å². The van der Waals surface area contributed by atoms with Crippen LogP contribution in [0.15, 0.2) is 53.6 Å². The van der Waals surface area contributed by atoms with Crippen molar-refractivity contribution >= 4 is 15.7 Å². The van der Waals surface area contributed by atoms with E-state index in [1.54, 1.807) is 10.9 Å². The van der Waals surface area contributed by atoms with Crippen LogP contribution >= 0.6 is 0 Å². The zero-order valence-electron chi connectivity index (χ0n) is 18.6. The first-order valence-corrected chi connectivity index (χ1v) is 12.2. The maximum Gasteiger partial charge on any atom is 0.425 e. The highest BCUT2D eigenvalue weighted by molar-refractivity contribution is 7.90. The van der Waals surface area contributed by atoms with E-state index >= 15 is 0 Å². The number of hydrogen-bond donors (Lipinski definition) is 0. The van der Waals surface area contributed by atoms with Gasteiger partial charge in [0.05, 0.1) is 28.4 Å². The van der Waals surface area contributed by atoms with Gasteiger partial charge in [-0.15, -0.1) is 0 Å². The Kier molecular flexibility index (Phi) is 5.92. The molecule has 34 heavy (non-hydrogen) atoms. The van der Waals surface area contributed by atoms with Crippen molar-refractivity contribution in [1.29, 1.82) is 0 Å². The fraction of sp³-hybridized carbons (Fsp3) is 0.304. The van der Waals surface area contributed by atoms with E-state index in [9.17, 15) is 26.4 Å². The largest absolute Gasteiger partial charge is 0.480 e. The minimum Gasteiger partial charge on any atom is -0.480 e. The summed E-state index contributed by atoms with van der Waals surface area (Å²) in [5.74, 6) is -0.980. The van der Waals surface area contributed by atoms with Crippen LogP contribution in [0.5, 0.6) is 5.75 Å². The fourth-order valence-electron chi connectivity index (χ4n) is 3.64. The van der Waals surface area contributed by atoms with Crippen molar-refractivity contribution < 1.29 is 31.1 Å². The number of amides is 1. The highest BCUT2D eigenvalue weighted by Gasteiger charge is 2.39. The Bertz CT molecular complexity index is 1340. The van der Waals surface area contributed by atoms with Crippen LogP contribution < -0.4 is 4.74 Å². The van der Waals surface area contributed by atoms with E-state index in [1.807, 2.05) is 31.2 Å². The van der Waals surface area contributed by atoms with E-state index in [2.05, 4.69) is 5.10 Å². The van der Waals surface area contributed by atoms with Gasteiger partial charge in [0.2, 0.25) is 0 Å². The molecule has 0 fully saturated rings. The number of carbonyl (C=O) groups excluding carboxylic acids is 1. The van der Waals surface area contributed by atoms with Gasteiger partial charge >= 0.3 is 6.18 Å². The number of alkyl halides is 3. The summed E-state index contributed by atoms with van der Waals surface area (Å²) < 4.78 is 69.9. The molecule has 11 heteroatoms. The number of benzene rings is 2. The standard InChI is InChI=1S/C23H22F3N3O4S/c1-14-5-4-6-17(9-14)29-12-16-11-28(13-20(16)27-29)22(30)19-10-18(34(3,31)32)7-8-21(19)33-15(2)23(24,25)26/h4-10,12,15H,11,13H2,1-3H3/t15-/m0/s1. The molecule has 4 rings (SSSR count). The summed E-state index contributed by atoms with van der Waals surface area (Å²) in [4.78, 5) is 14.5. The molecule has 1 aromatic heterocycles. The van der Waals surface area contributed by atoms with E-state index in [4.69, 9.17) is 4.74 Å². The Morgan fingerprint density at radius 2 is 1.88 bits per heavy atom. The molecule has 1 aliphatic rings. The molecule has 2 aromatic carbocycles. The van der Waals surface area contributed by atoms with Crippen molar-refractivity contribution in [3.8, 4) is 11.4 Å². The highest BCUT2D eigenvalue weighted by atomic mass is 32.2. The first-order chi connectivity index (χ1) is 15.8. The molecule has 0 spiro atoms. The van der Waals surface area contributed by atoms with Crippen LogP contribution in [0.25, 0.3) is 5.69 Å². The van der Waals surface area contributed by atoms with Crippen molar-refractivity contribution in [3.05, 3.63) is 71.0 Å². The molecule has 180 valence electrons. The van der Waals surface area contributed by atoms with Gasteiger partial charge in [0.25, 0.3) is 5.91 Å². The number of ether oxygens (including phenoxy) is 1. The van der Waals surface area contributed by atoms with E-state index in [0.717, 1.165) is 48.2 Å². The molecule has 1 atom stereocenters. The Hall–Kier alpha value is -3.34. The van der Waals surface area contributed by atoms with Crippen LogP contribution in [0.4, 0.5) is 13.2 Å². The van der Waals surface area contributed by atoms with E-state index in [0.29, 0.717) is 5.69 Å². The second kappa shape index (κ2) is 8.46. The maximum atomic E-state index is 13.3. The smallest absolute Gasteiger partial charge is 0.425 e. The van der Waals surface area contributed by atoms with Crippen molar-refractivity contribution in [2.75, 3.05) is 6.26 Å². The van der Waals surface area contributed by atoms with Crippen molar-refractivity contribution in [2.24, 2.45) is 0 Å². The molecule has 0 bridgehead atoms. The first-order valence-electron chi connectivity index (χ1n) is 10.3. The van der Waals surface area contributed by atoms with E-state index in [-0.39, 0.29) is 29.3 Å². The predicted octanol–water partition coefficient (Wildman–Crippen LogP) is 4.07. The lowest BCUT2D eigenvalue weighted by molar-refractivity contribution is -0.189. The molecule has 0 aliphatic carbocycles. The molecule has 0 radical (unpaired) electrons. The van der Waals surface area contributed by atoms with Crippen molar-refractivity contribution in [3.63, 3.8) is 0 Å². The third kappa shape index (κ3) is 4.79. The normalized spacial score (nSPS) is 14.7. The average Bonchev–Trinajstić information content (AvgIpc) is 3.31. The third-order valence-electron chi connectivity index (χ3n) is 5.51. The Balaban J connectivity index is 1.62. The Labute approximate surface area is 194 Å². The lowest BCUT2D eigenvalue weighted by atomic mass is 10.1. The number of carbonyl (C=O) groups is 1. The molecule has 2 heterocycles. The van der Waals surface area contributed by atoms with Crippen LogP contribution in [0.2, 0.25) is 0 Å². The molecular formula is C23H22F3N3O4S. The molecule has 1 aliphatic heterocycles. The van der Waals surface area contributed by atoms with Crippen LogP contribution in [0, 0.1) is 6.92 Å². The van der Waals surface area contributed by atoms with Gasteiger partial charge < -0.3 is 9.64 Å². The number of halogens is 3. The zero-order chi connectivity index (χ0) is 24.8. The topological polar surface area (TPSA) is 81.5 Å². The SMILES string of the molecule is Cc1cccc(-n2cc3c(n2)CN(C(=O)c2cc(S(C)(=O)=O)ccc2O[C@@H](C)C(F)(F)F)C3)c1. The maximum absolute atomic E-state index is 13.3. The Morgan fingerprint density at radius 3 is 2.50 bits per heavy atom. The van der Waals surface area contributed by atoms with Crippen LogP contribution in [-0.2, 0) is 22.9 Å². The summed E-state index contributed by atoms with van der Waals surface area (Å²) >= 11 is 0. The second-order valence-corrected chi connectivity index (χ2v) is 10.3. The number of aromatic nitrogens is 2. The summed E-state index contributed by atoms with van der Waals surface area (Å²) in [5, 5.41) is 4.54. The minimum absolute atomic E-state index is 0.129. The van der Waals surface area contributed by atoms with Gasteiger partial charge in [0, 0.05) is 24.6 Å². The number of aryl methyl sites for hydroxylation is 1. The lowest BCUT2D eigenvalue weighted by Gasteiger charge is -2.22. The zero-order valence-corrected chi connectivity index (χ0v) is 19.4. The number of rotatable bonds is 5. The lowest BCUT2D eigenvalue weighted by Crippen LogP contribution is -2.33. The van der Waals surface area contributed by atoms with Gasteiger partial charge in [-0.05, 0) is 49.7 Å². The number of fused-ring (bicyclic) bond motifs is 1. The molecule has 0 unspecified atom stereocenters. The van der Waals surface area contributed by atoms with Crippen LogP contribution in [-0.4, -0.2) is 47.5 Å². The Morgan fingerprint density at radius 1 is 1.15 bits per heavy atom. The molecule has 0 saturated heterocycles. The fourth-order valence-corrected chi connectivity index (χ4v) is 4.28. The quantitative estimate of drug-likeness (QED) is 0.535. The van der Waals surface area contributed by atoms with Gasteiger partial charge in [0.1, 0.15) is 5.75 Å². The van der Waals surface area contributed by atoms with Gasteiger partial charge in [-0.25, -0.2) is 13.1 Å². The number of sulfone groups is 1. The second-order valence-electron chi connectivity index (χ2n) is 8.28. The summed E-state index contributed by atoms with van der Waals surface area (Å²) in [6, 6.07) is 11.0. The third-order valence-corrected chi connectivity index (χ3v) is 6.62. The average molecular weight is 494 g/mol. The minimum atomic E-state index is -4.65. The number of hydrogen-bond acceptors (Lipinski definition) is 5. The van der Waals surface area contributed by atoms with Gasteiger partial charge in [-0.2, -0.15) is 18.3 Å². The van der Waals surface area contributed by atoms with Gasteiger partial charge in [-0.3, -0.25) is 4.79 Å².